The van der Waals surface area contributed by atoms with E-state index in [2.05, 4.69) is 56.4 Å². The molecule has 172 valence electrons. The van der Waals surface area contributed by atoms with Crippen LogP contribution in [0.25, 0.3) is 22.3 Å². The van der Waals surface area contributed by atoms with Crippen LogP contribution >= 0.6 is 0 Å². The van der Waals surface area contributed by atoms with E-state index in [0.29, 0.717) is 0 Å². The van der Waals surface area contributed by atoms with Crippen molar-refractivity contribution in [2.24, 2.45) is 0 Å². The monoisotopic (exact) mass is 452 g/mol. The number of likely N-dealkylation sites (tertiary alicyclic amines) is 1. The number of hydrogen-bond acceptors (Lipinski definition) is 3. The predicted molar refractivity (Wildman–Crippen MR) is 130 cm³/mol. The number of fused-ring (bicyclic) bond motifs is 3. The minimum atomic E-state index is -0.206. The number of benzene rings is 1. The van der Waals surface area contributed by atoms with E-state index >= 15 is 0 Å². The van der Waals surface area contributed by atoms with Gasteiger partial charge in [-0.15, -0.1) is 0 Å². The molecule has 0 radical (unpaired) electrons. The second-order valence-corrected chi connectivity index (χ2v) is 10.2. The fourth-order valence-electron chi connectivity index (χ4n) is 6.20. The van der Waals surface area contributed by atoms with Crippen LogP contribution in [-0.4, -0.2) is 43.8 Å². The van der Waals surface area contributed by atoms with Crippen molar-refractivity contribution in [1.29, 1.82) is 0 Å². The van der Waals surface area contributed by atoms with Gasteiger partial charge >= 0.3 is 6.03 Å². The first kappa shape index (κ1) is 19.8. The molecule has 1 saturated heterocycles. The maximum absolute atomic E-state index is 13.4. The van der Waals surface area contributed by atoms with Gasteiger partial charge in [0.1, 0.15) is 5.65 Å². The van der Waals surface area contributed by atoms with E-state index in [9.17, 15) is 4.79 Å². The van der Waals surface area contributed by atoms with Crippen molar-refractivity contribution < 1.29 is 4.79 Å². The Labute approximate surface area is 198 Å². The molecule has 7 nitrogen and oxygen atoms in total. The van der Waals surface area contributed by atoms with Crippen molar-refractivity contribution in [3.05, 3.63) is 72.2 Å². The average Bonchev–Trinajstić information content (AvgIpc) is 3.62. The molecule has 7 heteroatoms. The summed E-state index contributed by atoms with van der Waals surface area (Å²) < 4.78 is 2.15. The van der Waals surface area contributed by atoms with Gasteiger partial charge in [0.05, 0.1) is 11.2 Å². The van der Waals surface area contributed by atoms with Crippen molar-refractivity contribution in [3.63, 3.8) is 0 Å². The average molecular weight is 453 g/mol. The van der Waals surface area contributed by atoms with Gasteiger partial charge in [0, 0.05) is 54.1 Å². The number of carbonyl (C=O) groups is 1. The molecule has 1 saturated carbocycles. The first-order valence-electron chi connectivity index (χ1n) is 12.3. The van der Waals surface area contributed by atoms with Crippen molar-refractivity contribution in [3.8, 4) is 11.3 Å². The molecule has 34 heavy (non-hydrogen) atoms. The van der Waals surface area contributed by atoms with Crippen molar-refractivity contribution >= 4 is 17.1 Å². The van der Waals surface area contributed by atoms with E-state index in [1.54, 1.807) is 0 Å². The first-order valence-corrected chi connectivity index (χ1v) is 12.3. The topological polar surface area (TPSA) is 78.8 Å². The zero-order valence-electron chi connectivity index (χ0n) is 19.1. The molecule has 0 bridgehead atoms. The van der Waals surface area contributed by atoms with E-state index in [4.69, 9.17) is 5.10 Å². The number of urea groups is 1. The second kappa shape index (κ2) is 7.19. The number of hydrogen-bond donors (Lipinski definition) is 2. The van der Waals surface area contributed by atoms with Crippen LogP contribution in [-0.2, 0) is 17.5 Å². The van der Waals surface area contributed by atoms with Crippen molar-refractivity contribution in [2.75, 3.05) is 13.1 Å². The number of aromatic amines is 1. The Hall–Kier alpha value is -3.61. The highest BCUT2D eigenvalue weighted by atomic mass is 16.2. The summed E-state index contributed by atoms with van der Waals surface area (Å²) in [7, 11) is 0. The van der Waals surface area contributed by atoms with Gasteiger partial charge in [-0.2, -0.15) is 5.10 Å². The lowest BCUT2D eigenvalue weighted by Crippen LogP contribution is -2.54. The summed E-state index contributed by atoms with van der Waals surface area (Å²) in [5.41, 5.74) is 5.16. The van der Waals surface area contributed by atoms with E-state index in [1.165, 1.54) is 11.3 Å². The quantitative estimate of drug-likeness (QED) is 0.478. The van der Waals surface area contributed by atoms with Crippen LogP contribution in [0.4, 0.5) is 4.79 Å². The van der Waals surface area contributed by atoms with E-state index in [-0.39, 0.29) is 17.0 Å². The molecule has 1 spiro atoms. The SMILES string of the molecule is O=C(NC1(c2ccccc2)CCC1)N1CCC2(CCn3nc(-c4cnc5[nH]ccc5c4)cc32)C1. The van der Waals surface area contributed by atoms with Gasteiger partial charge in [-0.25, -0.2) is 9.78 Å². The number of H-pyrrole nitrogens is 1. The molecular weight excluding hydrogens is 424 g/mol. The van der Waals surface area contributed by atoms with Gasteiger partial charge in [0.25, 0.3) is 0 Å². The van der Waals surface area contributed by atoms with Gasteiger partial charge in [-0.3, -0.25) is 4.68 Å². The highest BCUT2D eigenvalue weighted by molar-refractivity contribution is 5.80. The molecule has 1 aliphatic carbocycles. The third kappa shape index (κ3) is 2.92. The van der Waals surface area contributed by atoms with Crippen LogP contribution in [0, 0.1) is 0 Å². The van der Waals surface area contributed by atoms with Gasteiger partial charge in [-0.1, -0.05) is 30.3 Å². The minimum Gasteiger partial charge on any atom is -0.346 e. The van der Waals surface area contributed by atoms with Gasteiger partial charge in [-0.05, 0) is 55.9 Å². The zero-order chi connectivity index (χ0) is 22.8. The summed E-state index contributed by atoms with van der Waals surface area (Å²) in [6, 6.07) is 16.9. The lowest BCUT2D eigenvalue weighted by Gasteiger charge is -2.44. The molecule has 4 aromatic rings. The molecule has 2 N–H and O–H groups in total. The number of aryl methyl sites for hydroxylation is 1. The lowest BCUT2D eigenvalue weighted by molar-refractivity contribution is 0.154. The van der Waals surface area contributed by atoms with E-state index < -0.39 is 0 Å². The highest BCUT2D eigenvalue weighted by Gasteiger charge is 2.48. The Bertz CT molecular complexity index is 1380. The fraction of sp³-hybridized carbons (Fsp3) is 0.370. The smallest absolute Gasteiger partial charge is 0.318 e. The largest absolute Gasteiger partial charge is 0.346 e. The number of nitrogens with one attached hydrogen (secondary N) is 2. The molecule has 1 atom stereocenters. The number of carbonyl (C=O) groups excluding carboxylic acids is 1. The van der Waals surface area contributed by atoms with Gasteiger partial charge in [0.2, 0.25) is 0 Å². The molecule has 5 heterocycles. The number of rotatable bonds is 3. The fourth-order valence-corrected chi connectivity index (χ4v) is 6.20. The molecule has 2 fully saturated rings. The third-order valence-electron chi connectivity index (χ3n) is 8.34. The van der Waals surface area contributed by atoms with Crippen LogP contribution in [0.5, 0.6) is 0 Å². The molecule has 2 amide bonds. The normalized spacial score (nSPS) is 22.8. The molecule has 3 aliphatic rings. The summed E-state index contributed by atoms with van der Waals surface area (Å²) in [6.45, 7) is 2.44. The number of amides is 2. The van der Waals surface area contributed by atoms with Crippen LogP contribution in [0.15, 0.2) is 60.9 Å². The summed E-state index contributed by atoms with van der Waals surface area (Å²) in [6.07, 6.45) is 9.00. The molecular formula is C27H28N6O. The summed E-state index contributed by atoms with van der Waals surface area (Å²) in [5.74, 6) is 0. The Morgan fingerprint density at radius 3 is 2.71 bits per heavy atom. The van der Waals surface area contributed by atoms with E-state index in [0.717, 1.165) is 74.0 Å². The van der Waals surface area contributed by atoms with Crippen LogP contribution in [0.3, 0.4) is 0 Å². The molecule has 1 unspecified atom stereocenters. The molecule has 2 aliphatic heterocycles. The molecule has 7 rings (SSSR count). The van der Waals surface area contributed by atoms with Crippen molar-refractivity contribution in [1.82, 2.24) is 30.0 Å². The molecule has 1 aromatic carbocycles. The minimum absolute atomic E-state index is 0.00622. The zero-order valence-corrected chi connectivity index (χ0v) is 19.1. The maximum atomic E-state index is 13.4. The van der Waals surface area contributed by atoms with Crippen LogP contribution in [0.2, 0.25) is 0 Å². The van der Waals surface area contributed by atoms with Gasteiger partial charge < -0.3 is 15.2 Å². The Balaban J connectivity index is 1.12. The first-order chi connectivity index (χ1) is 16.6. The maximum Gasteiger partial charge on any atom is 0.318 e. The van der Waals surface area contributed by atoms with Crippen molar-refractivity contribution in [2.45, 2.75) is 49.6 Å². The number of pyridine rings is 1. The molecule has 3 aromatic heterocycles. The second-order valence-electron chi connectivity index (χ2n) is 10.2. The van der Waals surface area contributed by atoms with Crippen LogP contribution < -0.4 is 5.32 Å². The van der Waals surface area contributed by atoms with Crippen LogP contribution in [0.1, 0.15) is 43.4 Å². The standard InChI is InChI=1S/C27H28N6O/c34-25(30-27(8-4-9-27)21-5-2-1-3-6-21)32-13-10-26(18-32)11-14-33-23(26)16-22(31-33)20-15-19-7-12-28-24(19)29-17-20/h1-3,5-7,12,15-17H,4,8-11,13-14,18H2,(H,28,29)(H,30,34). The summed E-state index contributed by atoms with van der Waals surface area (Å²) in [5, 5.41) is 9.42. The predicted octanol–water partition coefficient (Wildman–Crippen LogP) is 4.56. The number of aromatic nitrogens is 4. The van der Waals surface area contributed by atoms with E-state index in [1.807, 2.05) is 29.4 Å². The summed E-state index contributed by atoms with van der Waals surface area (Å²) in [4.78, 5) is 23.1. The Kier molecular flexibility index (Phi) is 4.19. The Morgan fingerprint density at radius 1 is 1.03 bits per heavy atom. The Morgan fingerprint density at radius 2 is 1.88 bits per heavy atom. The lowest BCUT2D eigenvalue weighted by atomic mass is 9.72. The number of nitrogens with zero attached hydrogens (tertiary/aromatic N) is 4. The van der Waals surface area contributed by atoms with Gasteiger partial charge in [0.15, 0.2) is 0 Å². The third-order valence-corrected chi connectivity index (χ3v) is 8.34. The highest BCUT2D eigenvalue weighted by Crippen LogP contribution is 2.45. The summed E-state index contributed by atoms with van der Waals surface area (Å²) >= 11 is 0.